The molecule has 2 rings (SSSR count). The van der Waals surface area contributed by atoms with Gasteiger partial charge in [0.15, 0.2) is 0 Å². The number of ether oxygens (including phenoxy) is 1. The van der Waals surface area contributed by atoms with E-state index in [1.807, 2.05) is 24.3 Å². The SMILES string of the molecule is C#Cc1nccc(-c2ccccc2OC)n1. The first kappa shape index (κ1) is 10.2. The number of para-hydroxylation sites is 1. The Bertz CT molecular complexity index is 544. The second-order valence-corrected chi connectivity index (χ2v) is 3.11. The van der Waals surface area contributed by atoms with Crippen molar-refractivity contribution in [3.63, 3.8) is 0 Å². The van der Waals surface area contributed by atoms with Crippen molar-refractivity contribution in [2.24, 2.45) is 0 Å². The van der Waals surface area contributed by atoms with Crippen LogP contribution in [0.4, 0.5) is 0 Å². The van der Waals surface area contributed by atoms with Crippen LogP contribution in [0.3, 0.4) is 0 Å². The van der Waals surface area contributed by atoms with Crippen LogP contribution >= 0.6 is 0 Å². The zero-order chi connectivity index (χ0) is 11.4. The molecule has 0 bridgehead atoms. The lowest BCUT2D eigenvalue weighted by Gasteiger charge is -2.06. The molecule has 0 amide bonds. The number of hydrogen-bond donors (Lipinski definition) is 0. The maximum absolute atomic E-state index is 5.26. The monoisotopic (exact) mass is 210 g/mol. The molecule has 0 radical (unpaired) electrons. The Morgan fingerprint density at radius 3 is 2.81 bits per heavy atom. The zero-order valence-corrected chi connectivity index (χ0v) is 8.84. The highest BCUT2D eigenvalue weighted by Crippen LogP contribution is 2.27. The smallest absolute Gasteiger partial charge is 0.205 e. The van der Waals surface area contributed by atoms with Crippen molar-refractivity contribution < 1.29 is 4.74 Å². The summed E-state index contributed by atoms with van der Waals surface area (Å²) in [5.74, 6) is 3.56. The third-order valence-electron chi connectivity index (χ3n) is 2.17. The third-order valence-corrected chi connectivity index (χ3v) is 2.17. The first-order chi connectivity index (χ1) is 7.85. The molecule has 0 fully saturated rings. The lowest BCUT2D eigenvalue weighted by Crippen LogP contribution is -1.93. The minimum Gasteiger partial charge on any atom is -0.496 e. The molecule has 3 heteroatoms. The zero-order valence-electron chi connectivity index (χ0n) is 8.84. The van der Waals surface area contributed by atoms with Gasteiger partial charge in [0.25, 0.3) is 0 Å². The van der Waals surface area contributed by atoms with Crippen LogP contribution in [0.15, 0.2) is 36.5 Å². The summed E-state index contributed by atoms with van der Waals surface area (Å²) in [5.41, 5.74) is 1.67. The van der Waals surface area contributed by atoms with Gasteiger partial charge in [0.05, 0.1) is 12.8 Å². The van der Waals surface area contributed by atoms with Crippen molar-refractivity contribution in [3.05, 3.63) is 42.4 Å². The molecule has 2 aromatic rings. The van der Waals surface area contributed by atoms with E-state index in [0.717, 1.165) is 17.0 Å². The van der Waals surface area contributed by atoms with Crippen molar-refractivity contribution >= 4 is 0 Å². The summed E-state index contributed by atoms with van der Waals surface area (Å²) in [6.07, 6.45) is 6.90. The Hall–Kier alpha value is -2.34. The van der Waals surface area contributed by atoms with Gasteiger partial charge in [-0.05, 0) is 24.1 Å². The van der Waals surface area contributed by atoms with Gasteiger partial charge < -0.3 is 4.74 Å². The van der Waals surface area contributed by atoms with Gasteiger partial charge >= 0.3 is 0 Å². The normalized spacial score (nSPS) is 9.50. The van der Waals surface area contributed by atoms with E-state index in [0.29, 0.717) is 5.82 Å². The molecule has 0 unspecified atom stereocenters. The Balaban J connectivity index is 2.54. The summed E-state index contributed by atoms with van der Waals surface area (Å²) < 4.78 is 5.26. The van der Waals surface area contributed by atoms with Crippen molar-refractivity contribution in [1.29, 1.82) is 0 Å². The number of benzene rings is 1. The highest BCUT2D eigenvalue weighted by Gasteiger charge is 2.06. The first-order valence-electron chi connectivity index (χ1n) is 4.78. The molecule has 16 heavy (non-hydrogen) atoms. The number of nitrogens with zero attached hydrogens (tertiary/aromatic N) is 2. The van der Waals surface area contributed by atoms with E-state index in [2.05, 4.69) is 15.9 Å². The second kappa shape index (κ2) is 4.45. The van der Waals surface area contributed by atoms with Crippen molar-refractivity contribution in [1.82, 2.24) is 9.97 Å². The molecule has 1 aromatic heterocycles. The van der Waals surface area contributed by atoms with E-state index in [-0.39, 0.29) is 0 Å². The molecule has 3 nitrogen and oxygen atoms in total. The van der Waals surface area contributed by atoms with E-state index in [1.165, 1.54) is 0 Å². The summed E-state index contributed by atoms with van der Waals surface area (Å²) >= 11 is 0. The minimum atomic E-state index is 0.378. The summed E-state index contributed by atoms with van der Waals surface area (Å²) in [7, 11) is 1.63. The van der Waals surface area contributed by atoms with Gasteiger partial charge in [-0.3, -0.25) is 0 Å². The van der Waals surface area contributed by atoms with Crippen LogP contribution in [0, 0.1) is 12.3 Å². The van der Waals surface area contributed by atoms with Gasteiger partial charge in [-0.25, -0.2) is 9.97 Å². The van der Waals surface area contributed by atoms with Gasteiger partial charge in [0, 0.05) is 11.8 Å². The van der Waals surface area contributed by atoms with E-state index in [9.17, 15) is 0 Å². The molecule has 1 aromatic carbocycles. The van der Waals surface area contributed by atoms with E-state index < -0.39 is 0 Å². The summed E-state index contributed by atoms with van der Waals surface area (Å²) in [6.45, 7) is 0. The highest BCUT2D eigenvalue weighted by molar-refractivity contribution is 5.66. The second-order valence-electron chi connectivity index (χ2n) is 3.11. The van der Waals surface area contributed by atoms with E-state index >= 15 is 0 Å². The predicted molar refractivity (Wildman–Crippen MR) is 62.0 cm³/mol. The minimum absolute atomic E-state index is 0.378. The van der Waals surface area contributed by atoms with Crippen LogP contribution < -0.4 is 4.74 Å². The van der Waals surface area contributed by atoms with Crippen molar-refractivity contribution in [2.75, 3.05) is 7.11 Å². The lowest BCUT2D eigenvalue weighted by molar-refractivity contribution is 0.416. The van der Waals surface area contributed by atoms with E-state index in [1.54, 1.807) is 19.4 Å². The van der Waals surface area contributed by atoms with Crippen LogP contribution in [0.1, 0.15) is 5.82 Å². The van der Waals surface area contributed by atoms with Gasteiger partial charge in [0.2, 0.25) is 5.82 Å². The van der Waals surface area contributed by atoms with Gasteiger partial charge in [-0.2, -0.15) is 0 Å². The maximum atomic E-state index is 5.26. The van der Waals surface area contributed by atoms with Crippen molar-refractivity contribution in [3.8, 4) is 29.4 Å². The Morgan fingerprint density at radius 2 is 2.06 bits per heavy atom. The third kappa shape index (κ3) is 1.86. The van der Waals surface area contributed by atoms with Gasteiger partial charge in [-0.15, -0.1) is 6.42 Å². The summed E-state index contributed by atoms with van der Waals surface area (Å²) in [4.78, 5) is 8.19. The molecule has 78 valence electrons. The number of rotatable bonds is 2. The standard InChI is InChI=1S/C13H10N2O/c1-3-13-14-9-8-11(15-13)10-6-4-5-7-12(10)16-2/h1,4-9H,2H3. The molecule has 0 saturated carbocycles. The molecule has 0 aliphatic heterocycles. The molecule has 0 spiro atoms. The molecule has 0 aliphatic carbocycles. The topological polar surface area (TPSA) is 35.0 Å². The quantitative estimate of drug-likeness (QED) is 0.712. The fraction of sp³-hybridized carbons (Fsp3) is 0.0769. The van der Waals surface area contributed by atoms with Gasteiger partial charge in [0.1, 0.15) is 5.75 Å². The molecular formula is C13H10N2O. The average molecular weight is 210 g/mol. The number of terminal acetylenes is 1. The van der Waals surface area contributed by atoms with E-state index in [4.69, 9.17) is 11.2 Å². The number of methoxy groups -OCH3 is 1. The molecule has 0 aliphatic rings. The molecule has 0 saturated heterocycles. The number of hydrogen-bond acceptors (Lipinski definition) is 3. The number of aromatic nitrogens is 2. The largest absolute Gasteiger partial charge is 0.496 e. The van der Waals surface area contributed by atoms with Gasteiger partial charge in [-0.1, -0.05) is 12.1 Å². The van der Waals surface area contributed by atoms with Crippen LogP contribution in [0.25, 0.3) is 11.3 Å². The van der Waals surface area contributed by atoms with Crippen LogP contribution in [-0.4, -0.2) is 17.1 Å². The maximum Gasteiger partial charge on any atom is 0.205 e. The average Bonchev–Trinajstić information content (AvgIpc) is 2.38. The predicted octanol–water partition coefficient (Wildman–Crippen LogP) is 2.13. The Morgan fingerprint density at radius 1 is 1.25 bits per heavy atom. The molecular weight excluding hydrogens is 200 g/mol. The molecule has 1 heterocycles. The Labute approximate surface area is 94.1 Å². The molecule has 0 atom stereocenters. The van der Waals surface area contributed by atoms with Crippen molar-refractivity contribution in [2.45, 2.75) is 0 Å². The summed E-state index contributed by atoms with van der Waals surface area (Å²) in [5, 5.41) is 0. The highest BCUT2D eigenvalue weighted by atomic mass is 16.5. The van der Waals surface area contributed by atoms with Crippen LogP contribution in [0.5, 0.6) is 5.75 Å². The van der Waals surface area contributed by atoms with Crippen LogP contribution in [-0.2, 0) is 0 Å². The first-order valence-corrected chi connectivity index (χ1v) is 4.78. The summed E-state index contributed by atoms with van der Waals surface area (Å²) in [6, 6.07) is 9.45. The lowest BCUT2D eigenvalue weighted by atomic mass is 10.1. The Kier molecular flexibility index (Phi) is 2.84. The fourth-order valence-corrected chi connectivity index (χ4v) is 1.43. The fourth-order valence-electron chi connectivity index (χ4n) is 1.43. The molecule has 0 N–H and O–H groups in total. The van der Waals surface area contributed by atoms with Crippen LogP contribution in [0.2, 0.25) is 0 Å².